The van der Waals surface area contributed by atoms with Gasteiger partial charge in [0.25, 0.3) is 5.28 Å². The van der Waals surface area contributed by atoms with Crippen LogP contribution in [0.2, 0.25) is 0 Å². The number of hydrogen-bond acceptors (Lipinski definition) is 2. The van der Waals surface area contributed by atoms with Crippen molar-refractivity contribution in [3.8, 4) is 0 Å². The number of nitrogens with zero attached hydrogens (tertiary/aromatic N) is 1. The minimum atomic E-state index is -2.43. The van der Waals surface area contributed by atoms with E-state index in [0.29, 0.717) is 4.48 Å². The third kappa shape index (κ3) is 15.9. The molecule has 0 aromatic carbocycles. The lowest BCUT2D eigenvalue weighted by Crippen LogP contribution is -2.55. The molecule has 0 aromatic rings. The summed E-state index contributed by atoms with van der Waals surface area (Å²) < 4.78 is 12.6. The molecule has 0 N–H and O–H groups in total. The van der Waals surface area contributed by atoms with Crippen molar-refractivity contribution in [3.63, 3.8) is 0 Å². The smallest absolute Gasteiger partial charge is 0.376 e. The van der Waals surface area contributed by atoms with Crippen LogP contribution in [0, 0.1) is 0 Å². The molecule has 33 heavy (non-hydrogen) atoms. The lowest BCUT2D eigenvalue weighted by Gasteiger charge is -2.39. The maximum absolute atomic E-state index is 12.1. The molecule has 4 heteroatoms. The van der Waals surface area contributed by atoms with E-state index in [1.165, 1.54) is 89.9 Å². The van der Waals surface area contributed by atoms with E-state index in [9.17, 15) is 9.46 Å². The molecular formula is C29H57NO2P+. The van der Waals surface area contributed by atoms with Gasteiger partial charge in [-0.15, -0.1) is 0 Å². The number of hydrogen-bond donors (Lipinski definition) is 0. The first kappa shape index (κ1) is 32.5. The quantitative estimate of drug-likeness (QED) is 0.0630. The predicted molar refractivity (Wildman–Crippen MR) is 146 cm³/mol. The topological polar surface area (TPSA) is 40.1 Å². The third-order valence-electron chi connectivity index (χ3n) is 6.99. The van der Waals surface area contributed by atoms with Crippen molar-refractivity contribution in [1.82, 2.24) is 0 Å². The number of rotatable bonds is 23. The van der Waals surface area contributed by atoms with Crippen LogP contribution in [0.15, 0.2) is 24.3 Å². The van der Waals surface area contributed by atoms with Gasteiger partial charge < -0.3 is 4.89 Å². The lowest BCUT2D eigenvalue weighted by atomic mass is 9.99. The average molecular weight is 483 g/mol. The van der Waals surface area contributed by atoms with E-state index in [4.69, 9.17) is 0 Å². The lowest BCUT2D eigenvalue weighted by molar-refractivity contribution is -0.910. The molecule has 0 saturated carbocycles. The van der Waals surface area contributed by atoms with Crippen molar-refractivity contribution in [2.75, 3.05) is 21.1 Å². The van der Waals surface area contributed by atoms with Crippen molar-refractivity contribution in [3.05, 3.63) is 24.3 Å². The van der Waals surface area contributed by atoms with Crippen LogP contribution in [0.3, 0.4) is 0 Å². The fourth-order valence-corrected chi connectivity index (χ4v) is 5.92. The molecule has 0 rings (SSSR count). The van der Waals surface area contributed by atoms with E-state index in [1.807, 2.05) is 21.1 Å². The SMILES string of the molecule is CCCCCC=CCCCCC=CCCCCCCCCCC(CCC)([P+](=O)[O-])[N+](C)(C)C. The molecule has 0 saturated heterocycles. The molecule has 0 aliphatic rings. The van der Waals surface area contributed by atoms with E-state index in [-0.39, 0.29) is 0 Å². The second kappa shape index (κ2) is 20.8. The van der Waals surface area contributed by atoms with Gasteiger partial charge in [-0.3, -0.25) is 4.48 Å². The Balaban J connectivity index is 3.66. The molecule has 0 bridgehead atoms. The molecule has 0 aliphatic heterocycles. The highest BCUT2D eigenvalue weighted by molar-refractivity contribution is 7.38. The van der Waals surface area contributed by atoms with Gasteiger partial charge in [0.05, 0.1) is 21.1 Å². The summed E-state index contributed by atoms with van der Waals surface area (Å²) in [6.07, 6.45) is 32.2. The summed E-state index contributed by atoms with van der Waals surface area (Å²) >= 11 is 0. The summed E-state index contributed by atoms with van der Waals surface area (Å²) in [6, 6.07) is 0. The molecule has 0 heterocycles. The zero-order valence-electron chi connectivity index (χ0n) is 23.0. The van der Waals surface area contributed by atoms with Gasteiger partial charge in [-0.1, -0.05) is 87.7 Å². The van der Waals surface area contributed by atoms with Gasteiger partial charge in [0.2, 0.25) is 0 Å². The van der Waals surface area contributed by atoms with Crippen molar-refractivity contribution in [1.29, 1.82) is 0 Å². The van der Waals surface area contributed by atoms with E-state index in [2.05, 4.69) is 38.2 Å². The Kier molecular flexibility index (Phi) is 20.5. The van der Waals surface area contributed by atoms with E-state index >= 15 is 0 Å². The van der Waals surface area contributed by atoms with E-state index in [0.717, 1.165) is 32.1 Å². The Morgan fingerprint density at radius 2 is 1.00 bits per heavy atom. The molecule has 2 unspecified atom stereocenters. The highest BCUT2D eigenvalue weighted by atomic mass is 31.1. The fourth-order valence-electron chi connectivity index (χ4n) is 4.69. The van der Waals surface area contributed by atoms with Crippen LogP contribution in [-0.2, 0) is 4.57 Å². The van der Waals surface area contributed by atoms with Crippen LogP contribution in [-0.4, -0.2) is 30.9 Å². The largest absolute Gasteiger partial charge is 0.590 e. The third-order valence-corrected chi connectivity index (χ3v) is 8.71. The van der Waals surface area contributed by atoms with Gasteiger partial charge in [0.1, 0.15) is 0 Å². The van der Waals surface area contributed by atoms with Gasteiger partial charge in [0.15, 0.2) is 0 Å². The van der Waals surface area contributed by atoms with Gasteiger partial charge in [-0.05, 0) is 64.2 Å². The second-order valence-electron chi connectivity index (χ2n) is 10.7. The number of allylic oxidation sites excluding steroid dienone is 4. The summed E-state index contributed by atoms with van der Waals surface area (Å²) in [4.78, 5) is 12.1. The van der Waals surface area contributed by atoms with Crippen molar-refractivity contribution in [2.45, 2.75) is 141 Å². The van der Waals surface area contributed by atoms with Crippen LogP contribution in [0.25, 0.3) is 0 Å². The molecule has 0 aromatic heterocycles. The van der Waals surface area contributed by atoms with Gasteiger partial charge in [-0.25, -0.2) is 0 Å². The minimum absolute atomic E-state index is 0.517. The summed E-state index contributed by atoms with van der Waals surface area (Å²) in [5.41, 5.74) is 0. The summed E-state index contributed by atoms with van der Waals surface area (Å²) in [6.45, 7) is 4.35. The highest BCUT2D eigenvalue weighted by Gasteiger charge is 2.53. The Labute approximate surface area is 208 Å². The molecular weight excluding hydrogens is 425 g/mol. The summed E-state index contributed by atoms with van der Waals surface area (Å²) in [5.74, 6) is 0. The van der Waals surface area contributed by atoms with Crippen molar-refractivity contribution in [2.24, 2.45) is 0 Å². The van der Waals surface area contributed by atoms with Crippen LogP contribution < -0.4 is 4.89 Å². The summed E-state index contributed by atoms with van der Waals surface area (Å²) in [7, 11) is 3.67. The molecule has 0 fully saturated rings. The molecule has 0 amide bonds. The zero-order valence-corrected chi connectivity index (χ0v) is 23.8. The minimum Gasteiger partial charge on any atom is -0.590 e. The summed E-state index contributed by atoms with van der Waals surface area (Å²) in [5, 5.41) is -0.596. The van der Waals surface area contributed by atoms with Crippen LogP contribution >= 0.6 is 8.03 Å². The maximum Gasteiger partial charge on any atom is 0.376 e. The Hall–Kier alpha value is -0.500. The Morgan fingerprint density at radius 1 is 0.606 bits per heavy atom. The van der Waals surface area contributed by atoms with Crippen LogP contribution in [0.1, 0.15) is 136 Å². The zero-order chi connectivity index (χ0) is 24.8. The Morgan fingerprint density at radius 3 is 1.39 bits per heavy atom. The second-order valence-corrected chi connectivity index (χ2v) is 12.1. The molecule has 2 atom stereocenters. The average Bonchev–Trinajstić information content (AvgIpc) is 2.76. The molecule has 0 spiro atoms. The van der Waals surface area contributed by atoms with Crippen molar-refractivity contribution >= 4 is 8.03 Å². The van der Waals surface area contributed by atoms with Gasteiger partial charge >= 0.3 is 8.03 Å². The normalized spacial score (nSPS) is 14.9. The number of unbranched alkanes of at least 4 members (excludes halogenated alkanes) is 13. The first-order valence-electron chi connectivity index (χ1n) is 14.1. The standard InChI is InChI=1S/C29H57NO2P/c1-6-8-9-10-11-12-13-14-15-16-17-18-19-20-21-22-23-24-25-26-28-29(27-7-2,33(31)32)30(3,4)5/h11-12,17-18H,6-10,13-16,19-28H2,1-5H3/q+1. The first-order chi connectivity index (χ1) is 15.8. The molecule has 0 radical (unpaired) electrons. The fraction of sp³-hybridized carbons (Fsp3) is 0.862. The monoisotopic (exact) mass is 482 g/mol. The van der Waals surface area contributed by atoms with Crippen LogP contribution in [0.5, 0.6) is 0 Å². The van der Waals surface area contributed by atoms with Gasteiger partial charge in [-0.2, -0.15) is 0 Å². The van der Waals surface area contributed by atoms with Crippen molar-refractivity contribution < 1.29 is 13.9 Å². The highest BCUT2D eigenvalue weighted by Crippen LogP contribution is 2.45. The first-order valence-corrected chi connectivity index (χ1v) is 15.3. The molecule has 194 valence electrons. The van der Waals surface area contributed by atoms with Gasteiger partial charge in [0, 0.05) is 12.8 Å². The molecule has 0 aliphatic carbocycles. The van der Waals surface area contributed by atoms with E-state index < -0.39 is 13.3 Å². The maximum atomic E-state index is 12.1. The molecule has 3 nitrogen and oxygen atoms in total. The number of quaternary nitrogens is 1. The van der Waals surface area contributed by atoms with Crippen LogP contribution in [0.4, 0.5) is 0 Å². The predicted octanol–water partition coefficient (Wildman–Crippen LogP) is 9.06. The Bertz CT molecular complexity index is 524. The van der Waals surface area contributed by atoms with E-state index in [1.54, 1.807) is 0 Å².